The summed E-state index contributed by atoms with van der Waals surface area (Å²) in [7, 11) is 0. The molecule has 0 bridgehead atoms. The minimum atomic E-state index is 0.263. The van der Waals surface area contributed by atoms with Gasteiger partial charge in [-0.3, -0.25) is 14.5 Å². The number of amides is 2. The van der Waals surface area contributed by atoms with Crippen LogP contribution in [0, 0.1) is 23.7 Å². The van der Waals surface area contributed by atoms with Gasteiger partial charge in [0.1, 0.15) is 0 Å². The standard InChI is InChI=1S/C18H31N3O2/c1-13-8-14(2)11-21(10-13)17(22)12-19-4-6-20(7-5-19)18(23)16-9-15(16)3/h13-16H,4-12H2,1-3H3. The first-order valence-electron chi connectivity index (χ1n) is 9.23. The lowest BCUT2D eigenvalue weighted by molar-refractivity contribution is -0.137. The second-order valence-corrected chi connectivity index (χ2v) is 8.17. The van der Waals surface area contributed by atoms with Gasteiger partial charge in [0.25, 0.3) is 0 Å². The minimum Gasteiger partial charge on any atom is -0.341 e. The van der Waals surface area contributed by atoms with Gasteiger partial charge in [0.2, 0.25) is 11.8 Å². The van der Waals surface area contributed by atoms with Gasteiger partial charge in [0, 0.05) is 45.2 Å². The van der Waals surface area contributed by atoms with Gasteiger partial charge in [-0.2, -0.15) is 0 Å². The van der Waals surface area contributed by atoms with Gasteiger partial charge in [-0.15, -0.1) is 0 Å². The summed E-state index contributed by atoms with van der Waals surface area (Å²) in [6, 6.07) is 0. The highest BCUT2D eigenvalue weighted by atomic mass is 16.2. The third kappa shape index (κ3) is 4.06. The number of hydrogen-bond donors (Lipinski definition) is 0. The Kier molecular flexibility index (Phi) is 4.95. The Morgan fingerprint density at radius 3 is 1.96 bits per heavy atom. The molecule has 3 rings (SSSR count). The van der Waals surface area contributed by atoms with Crippen LogP contribution < -0.4 is 0 Å². The number of rotatable bonds is 3. The van der Waals surface area contributed by atoms with E-state index in [0.717, 1.165) is 45.7 Å². The van der Waals surface area contributed by atoms with Crippen LogP contribution in [0.2, 0.25) is 0 Å². The Labute approximate surface area is 140 Å². The highest BCUT2D eigenvalue weighted by Gasteiger charge is 2.42. The zero-order chi connectivity index (χ0) is 16.6. The maximum Gasteiger partial charge on any atom is 0.236 e. The largest absolute Gasteiger partial charge is 0.341 e. The molecule has 2 amide bonds. The van der Waals surface area contributed by atoms with Gasteiger partial charge in [-0.05, 0) is 30.6 Å². The highest BCUT2D eigenvalue weighted by Crippen LogP contribution is 2.39. The first-order valence-corrected chi connectivity index (χ1v) is 9.23. The summed E-state index contributed by atoms with van der Waals surface area (Å²) in [5.74, 6) is 2.67. The highest BCUT2D eigenvalue weighted by molar-refractivity contribution is 5.82. The van der Waals surface area contributed by atoms with E-state index in [-0.39, 0.29) is 11.8 Å². The topological polar surface area (TPSA) is 43.9 Å². The van der Waals surface area contributed by atoms with Crippen molar-refractivity contribution in [3.05, 3.63) is 0 Å². The van der Waals surface area contributed by atoms with Crippen LogP contribution in [0.4, 0.5) is 0 Å². The number of hydrogen-bond acceptors (Lipinski definition) is 3. The lowest BCUT2D eigenvalue weighted by atomic mass is 9.92. The van der Waals surface area contributed by atoms with E-state index < -0.39 is 0 Å². The van der Waals surface area contributed by atoms with Crippen molar-refractivity contribution >= 4 is 11.8 Å². The lowest BCUT2D eigenvalue weighted by Gasteiger charge is -2.38. The van der Waals surface area contributed by atoms with Gasteiger partial charge in [0.15, 0.2) is 0 Å². The molecule has 0 N–H and O–H groups in total. The smallest absolute Gasteiger partial charge is 0.236 e. The van der Waals surface area contributed by atoms with Crippen molar-refractivity contribution in [1.29, 1.82) is 0 Å². The van der Waals surface area contributed by atoms with Gasteiger partial charge >= 0.3 is 0 Å². The third-order valence-corrected chi connectivity index (χ3v) is 5.69. The van der Waals surface area contributed by atoms with E-state index in [1.165, 1.54) is 6.42 Å². The van der Waals surface area contributed by atoms with Crippen LogP contribution >= 0.6 is 0 Å². The Morgan fingerprint density at radius 2 is 1.43 bits per heavy atom. The molecule has 2 aliphatic heterocycles. The first-order chi connectivity index (χ1) is 10.9. The van der Waals surface area contributed by atoms with Crippen molar-refractivity contribution in [2.45, 2.75) is 33.6 Å². The molecule has 5 nitrogen and oxygen atoms in total. The second kappa shape index (κ2) is 6.80. The van der Waals surface area contributed by atoms with Crippen LogP contribution in [0.25, 0.3) is 0 Å². The van der Waals surface area contributed by atoms with Crippen LogP contribution in [0.5, 0.6) is 0 Å². The van der Waals surface area contributed by atoms with Crippen molar-refractivity contribution < 1.29 is 9.59 Å². The van der Waals surface area contributed by atoms with Crippen LogP contribution in [-0.2, 0) is 9.59 Å². The molecular weight excluding hydrogens is 290 g/mol. The first kappa shape index (κ1) is 16.7. The quantitative estimate of drug-likeness (QED) is 0.787. The summed E-state index contributed by atoms with van der Waals surface area (Å²) < 4.78 is 0. The molecule has 1 saturated carbocycles. The van der Waals surface area contributed by atoms with E-state index in [1.807, 2.05) is 9.80 Å². The number of nitrogens with zero attached hydrogens (tertiary/aromatic N) is 3. The van der Waals surface area contributed by atoms with Gasteiger partial charge in [-0.1, -0.05) is 20.8 Å². The van der Waals surface area contributed by atoms with Crippen molar-refractivity contribution in [2.24, 2.45) is 23.7 Å². The molecule has 5 heteroatoms. The van der Waals surface area contributed by atoms with E-state index >= 15 is 0 Å². The Morgan fingerprint density at radius 1 is 0.870 bits per heavy atom. The SMILES string of the molecule is CC1CC(C)CN(C(=O)CN2CCN(C(=O)C3CC3C)CC2)C1. The molecule has 0 radical (unpaired) electrons. The maximum absolute atomic E-state index is 12.5. The predicted octanol–water partition coefficient (Wildman–Crippen LogP) is 1.29. The monoisotopic (exact) mass is 321 g/mol. The number of carbonyl (C=O) groups excluding carboxylic acids is 2. The molecule has 2 heterocycles. The Bertz CT molecular complexity index is 449. The molecule has 130 valence electrons. The van der Waals surface area contributed by atoms with Crippen molar-refractivity contribution in [1.82, 2.24) is 14.7 Å². The van der Waals surface area contributed by atoms with Crippen molar-refractivity contribution in [3.8, 4) is 0 Å². The summed E-state index contributed by atoms with van der Waals surface area (Å²) in [6.45, 7) is 12.2. The minimum absolute atomic E-state index is 0.263. The summed E-state index contributed by atoms with van der Waals surface area (Å²) >= 11 is 0. The average Bonchev–Trinajstić information content (AvgIpc) is 3.23. The van der Waals surface area contributed by atoms with Gasteiger partial charge < -0.3 is 9.80 Å². The number of piperidine rings is 1. The summed E-state index contributed by atoms with van der Waals surface area (Å²) in [5.41, 5.74) is 0. The molecule has 3 aliphatic rings. The summed E-state index contributed by atoms with van der Waals surface area (Å²) in [5, 5.41) is 0. The van der Waals surface area contributed by atoms with Gasteiger partial charge in [0.05, 0.1) is 6.54 Å². The molecule has 0 spiro atoms. The van der Waals surface area contributed by atoms with Crippen LogP contribution in [0.15, 0.2) is 0 Å². The molecule has 4 atom stereocenters. The molecule has 4 unspecified atom stereocenters. The maximum atomic E-state index is 12.5. The zero-order valence-electron chi connectivity index (χ0n) is 14.8. The van der Waals surface area contributed by atoms with E-state index in [4.69, 9.17) is 0 Å². The Balaban J connectivity index is 1.43. The number of piperazine rings is 1. The van der Waals surface area contributed by atoms with E-state index in [0.29, 0.717) is 30.2 Å². The molecule has 2 saturated heterocycles. The average molecular weight is 321 g/mol. The molecule has 0 aromatic carbocycles. The molecule has 0 aromatic rings. The third-order valence-electron chi connectivity index (χ3n) is 5.69. The second-order valence-electron chi connectivity index (χ2n) is 8.17. The van der Waals surface area contributed by atoms with Crippen molar-refractivity contribution in [2.75, 3.05) is 45.8 Å². The van der Waals surface area contributed by atoms with Crippen LogP contribution in [0.1, 0.15) is 33.6 Å². The fraction of sp³-hybridized carbons (Fsp3) is 0.889. The molecular formula is C18H31N3O2. The predicted molar refractivity (Wildman–Crippen MR) is 89.8 cm³/mol. The fourth-order valence-electron chi connectivity index (χ4n) is 4.18. The summed E-state index contributed by atoms with van der Waals surface area (Å²) in [4.78, 5) is 31.0. The molecule has 3 fully saturated rings. The number of likely N-dealkylation sites (tertiary alicyclic amines) is 1. The van der Waals surface area contributed by atoms with Crippen molar-refractivity contribution in [3.63, 3.8) is 0 Å². The molecule has 1 aliphatic carbocycles. The lowest BCUT2D eigenvalue weighted by Crippen LogP contribution is -2.53. The van der Waals surface area contributed by atoms with E-state index in [9.17, 15) is 9.59 Å². The summed E-state index contributed by atoms with van der Waals surface area (Å²) in [6.07, 6.45) is 2.28. The van der Waals surface area contributed by atoms with E-state index in [2.05, 4.69) is 25.7 Å². The number of carbonyl (C=O) groups is 2. The zero-order valence-corrected chi connectivity index (χ0v) is 14.8. The van der Waals surface area contributed by atoms with Crippen LogP contribution in [-0.4, -0.2) is 72.3 Å². The molecule has 0 aromatic heterocycles. The van der Waals surface area contributed by atoms with Gasteiger partial charge in [-0.25, -0.2) is 0 Å². The fourth-order valence-corrected chi connectivity index (χ4v) is 4.18. The van der Waals surface area contributed by atoms with E-state index in [1.54, 1.807) is 0 Å². The Hall–Kier alpha value is -1.10. The van der Waals surface area contributed by atoms with Crippen LogP contribution in [0.3, 0.4) is 0 Å². The molecule has 23 heavy (non-hydrogen) atoms. The normalized spacial score (nSPS) is 35.3.